The van der Waals surface area contributed by atoms with Crippen molar-refractivity contribution in [3.8, 4) is 0 Å². The van der Waals surface area contributed by atoms with Gasteiger partial charge in [0.05, 0.1) is 19.3 Å². The zero-order valence-corrected chi connectivity index (χ0v) is 10.5. The lowest BCUT2D eigenvalue weighted by Gasteiger charge is -2.15. The highest BCUT2D eigenvalue weighted by Gasteiger charge is 2.11. The van der Waals surface area contributed by atoms with Crippen molar-refractivity contribution in [3.05, 3.63) is 35.4 Å². The lowest BCUT2D eigenvalue weighted by molar-refractivity contribution is 0.152. The van der Waals surface area contributed by atoms with Crippen LogP contribution in [0.1, 0.15) is 17.2 Å². The van der Waals surface area contributed by atoms with Crippen LogP contribution in [0.25, 0.3) is 0 Å². The highest BCUT2D eigenvalue weighted by Crippen LogP contribution is 2.18. The molecule has 2 N–H and O–H groups in total. The number of aliphatic hydroxyl groups is 1. The number of hydrogen-bond acceptors (Lipinski definition) is 4. The molecule has 4 nitrogen and oxygen atoms in total. The highest BCUT2D eigenvalue weighted by molar-refractivity contribution is 5.28. The van der Waals surface area contributed by atoms with E-state index in [2.05, 4.69) is 5.32 Å². The number of hydrogen-bond donors (Lipinski definition) is 2. The number of aliphatic hydroxyl groups excluding tert-OH is 1. The third-order valence-electron chi connectivity index (χ3n) is 2.53. The molecule has 0 spiro atoms. The Hall–Kier alpha value is -0.940. The van der Waals surface area contributed by atoms with Crippen molar-refractivity contribution >= 4 is 0 Å². The maximum atomic E-state index is 10.1. The predicted molar refractivity (Wildman–Crippen MR) is 66.9 cm³/mol. The van der Waals surface area contributed by atoms with Crippen molar-refractivity contribution in [2.24, 2.45) is 0 Å². The first-order valence-electron chi connectivity index (χ1n) is 5.74. The minimum absolute atomic E-state index is 0.516. The number of rotatable bonds is 8. The number of nitrogens with one attached hydrogen (secondary N) is 1. The van der Waals surface area contributed by atoms with Gasteiger partial charge in [-0.1, -0.05) is 24.3 Å². The average molecular weight is 239 g/mol. The first-order valence-corrected chi connectivity index (χ1v) is 5.74. The Morgan fingerprint density at radius 3 is 2.71 bits per heavy atom. The third-order valence-corrected chi connectivity index (χ3v) is 2.53. The Kier molecular flexibility index (Phi) is 6.81. The van der Waals surface area contributed by atoms with Crippen LogP contribution < -0.4 is 5.32 Å². The van der Waals surface area contributed by atoms with E-state index in [0.717, 1.165) is 17.7 Å². The van der Waals surface area contributed by atoms with Gasteiger partial charge >= 0.3 is 0 Å². The highest BCUT2D eigenvalue weighted by atomic mass is 16.5. The Morgan fingerprint density at radius 2 is 2.00 bits per heavy atom. The first kappa shape index (κ1) is 14.1. The van der Waals surface area contributed by atoms with Crippen LogP contribution >= 0.6 is 0 Å². The summed E-state index contributed by atoms with van der Waals surface area (Å²) < 4.78 is 10.0. The Labute approximate surface area is 103 Å². The fourth-order valence-corrected chi connectivity index (χ4v) is 1.67. The first-order chi connectivity index (χ1) is 8.29. The number of methoxy groups -OCH3 is 2. The molecule has 1 aromatic rings. The van der Waals surface area contributed by atoms with Gasteiger partial charge in [0.25, 0.3) is 0 Å². The van der Waals surface area contributed by atoms with E-state index in [1.807, 2.05) is 24.3 Å². The summed E-state index contributed by atoms with van der Waals surface area (Å²) in [5.41, 5.74) is 1.94. The molecule has 4 heteroatoms. The molecule has 0 radical (unpaired) electrons. The van der Waals surface area contributed by atoms with E-state index in [1.165, 1.54) is 0 Å². The van der Waals surface area contributed by atoms with Gasteiger partial charge in [-0.15, -0.1) is 0 Å². The van der Waals surface area contributed by atoms with Gasteiger partial charge in [-0.2, -0.15) is 0 Å². The summed E-state index contributed by atoms with van der Waals surface area (Å²) >= 11 is 0. The van der Waals surface area contributed by atoms with Crippen LogP contribution in [0.2, 0.25) is 0 Å². The van der Waals surface area contributed by atoms with Crippen molar-refractivity contribution in [2.75, 3.05) is 33.9 Å². The van der Waals surface area contributed by atoms with Gasteiger partial charge in [-0.25, -0.2) is 0 Å². The Bertz CT molecular complexity index is 317. The molecule has 0 aromatic heterocycles. The molecule has 1 rings (SSSR count). The number of ether oxygens (including phenoxy) is 2. The van der Waals surface area contributed by atoms with Gasteiger partial charge in [0.1, 0.15) is 0 Å². The van der Waals surface area contributed by atoms with Crippen LogP contribution in [-0.2, 0) is 16.1 Å². The molecule has 0 saturated carbocycles. The average Bonchev–Trinajstić information content (AvgIpc) is 2.35. The SMILES string of the molecule is COCCNCC(O)c1ccccc1COC. The smallest absolute Gasteiger partial charge is 0.0917 e. The van der Waals surface area contributed by atoms with Crippen LogP contribution in [-0.4, -0.2) is 39.0 Å². The third kappa shape index (κ3) is 4.83. The van der Waals surface area contributed by atoms with Crippen LogP contribution in [0.3, 0.4) is 0 Å². The summed E-state index contributed by atoms with van der Waals surface area (Å²) in [6.07, 6.45) is -0.516. The Balaban J connectivity index is 2.52. The molecule has 0 aliphatic heterocycles. The molecule has 17 heavy (non-hydrogen) atoms. The summed E-state index contributed by atoms with van der Waals surface area (Å²) in [6, 6.07) is 7.77. The minimum Gasteiger partial charge on any atom is -0.387 e. The van der Waals surface area contributed by atoms with E-state index >= 15 is 0 Å². The van der Waals surface area contributed by atoms with Gasteiger partial charge in [0.2, 0.25) is 0 Å². The molecule has 0 aliphatic carbocycles. The van der Waals surface area contributed by atoms with Crippen LogP contribution in [0, 0.1) is 0 Å². The van der Waals surface area contributed by atoms with E-state index in [4.69, 9.17) is 9.47 Å². The molecule has 0 bridgehead atoms. The fraction of sp³-hybridized carbons (Fsp3) is 0.538. The minimum atomic E-state index is -0.516. The lowest BCUT2D eigenvalue weighted by atomic mass is 10.0. The molecule has 1 atom stereocenters. The molecule has 0 heterocycles. The zero-order chi connectivity index (χ0) is 12.5. The normalized spacial score (nSPS) is 12.6. The summed E-state index contributed by atoms with van der Waals surface area (Å²) in [5.74, 6) is 0. The lowest BCUT2D eigenvalue weighted by Crippen LogP contribution is -2.25. The maximum absolute atomic E-state index is 10.1. The Morgan fingerprint density at radius 1 is 1.24 bits per heavy atom. The van der Waals surface area contributed by atoms with Crippen LogP contribution in [0.4, 0.5) is 0 Å². The molecule has 0 aliphatic rings. The summed E-state index contributed by atoms with van der Waals surface area (Å²) in [6.45, 7) is 2.42. The molecular weight excluding hydrogens is 218 g/mol. The van der Waals surface area contributed by atoms with Crippen molar-refractivity contribution < 1.29 is 14.6 Å². The van der Waals surface area contributed by atoms with E-state index < -0.39 is 6.10 Å². The van der Waals surface area contributed by atoms with Crippen molar-refractivity contribution in [2.45, 2.75) is 12.7 Å². The summed E-state index contributed by atoms with van der Waals surface area (Å²) in [4.78, 5) is 0. The van der Waals surface area contributed by atoms with Crippen LogP contribution in [0.5, 0.6) is 0 Å². The topological polar surface area (TPSA) is 50.7 Å². The largest absolute Gasteiger partial charge is 0.387 e. The van der Waals surface area contributed by atoms with E-state index in [0.29, 0.717) is 19.8 Å². The quantitative estimate of drug-likeness (QED) is 0.667. The van der Waals surface area contributed by atoms with Gasteiger partial charge < -0.3 is 19.9 Å². The fourth-order valence-electron chi connectivity index (χ4n) is 1.67. The summed E-state index contributed by atoms with van der Waals surface area (Å²) in [5, 5.41) is 13.2. The molecule has 0 amide bonds. The van der Waals surface area contributed by atoms with Gasteiger partial charge in [0.15, 0.2) is 0 Å². The van der Waals surface area contributed by atoms with Crippen molar-refractivity contribution in [3.63, 3.8) is 0 Å². The molecule has 1 unspecified atom stereocenters. The number of benzene rings is 1. The van der Waals surface area contributed by atoms with Gasteiger partial charge in [0, 0.05) is 27.3 Å². The van der Waals surface area contributed by atoms with Gasteiger partial charge in [-0.3, -0.25) is 0 Å². The molecule has 1 aromatic carbocycles. The second kappa shape index (κ2) is 8.20. The van der Waals surface area contributed by atoms with E-state index in [1.54, 1.807) is 14.2 Å². The van der Waals surface area contributed by atoms with Crippen LogP contribution in [0.15, 0.2) is 24.3 Å². The standard InChI is InChI=1S/C13H21NO3/c1-16-8-7-14-9-13(15)12-6-4-3-5-11(12)10-17-2/h3-6,13-15H,7-10H2,1-2H3. The zero-order valence-electron chi connectivity index (χ0n) is 10.5. The second-order valence-corrected chi connectivity index (χ2v) is 3.84. The monoisotopic (exact) mass is 239 g/mol. The predicted octanol–water partition coefficient (Wildman–Crippen LogP) is 1.10. The van der Waals surface area contributed by atoms with Crippen molar-refractivity contribution in [1.29, 1.82) is 0 Å². The van der Waals surface area contributed by atoms with E-state index in [9.17, 15) is 5.11 Å². The van der Waals surface area contributed by atoms with Crippen molar-refractivity contribution in [1.82, 2.24) is 5.32 Å². The van der Waals surface area contributed by atoms with Gasteiger partial charge in [-0.05, 0) is 11.1 Å². The van der Waals surface area contributed by atoms with E-state index in [-0.39, 0.29) is 0 Å². The second-order valence-electron chi connectivity index (χ2n) is 3.84. The molecular formula is C13H21NO3. The summed E-state index contributed by atoms with van der Waals surface area (Å²) in [7, 11) is 3.31. The molecule has 96 valence electrons. The molecule has 0 fully saturated rings. The molecule has 0 saturated heterocycles. The maximum Gasteiger partial charge on any atom is 0.0917 e.